The van der Waals surface area contributed by atoms with Crippen LogP contribution in [-0.2, 0) is 10.8 Å². The van der Waals surface area contributed by atoms with Crippen LogP contribution in [0.4, 0.5) is 10.1 Å². The number of fused-ring (bicyclic) bond motifs is 2. The third-order valence-corrected chi connectivity index (χ3v) is 4.95. The number of aromatic carboxylic acids is 1. The van der Waals surface area contributed by atoms with Crippen LogP contribution in [-0.4, -0.2) is 28.2 Å². The fraction of sp³-hybridized carbons (Fsp3) is 0.0667. The summed E-state index contributed by atoms with van der Waals surface area (Å²) < 4.78 is 27.2. The number of carbonyl (C=O) groups is 2. The van der Waals surface area contributed by atoms with Gasteiger partial charge in [0.1, 0.15) is 0 Å². The van der Waals surface area contributed by atoms with Crippen molar-refractivity contribution < 1.29 is 23.3 Å². The number of halogens is 1. The topological polar surface area (TPSA) is 74.7 Å². The summed E-state index contributed by atoms with van der Waals surface area (Å²) in [5.74, 6) is -3.06. The van der Waals surface area contributed by atoms with E-state index in [9.17, 15) is 18.2 Å². The molecule has 1 atom stereocenters. The highest BCUT2D eigenvalue weighted by atomic mass is 32.2. The molecule has 112 valence electrons. The van der Waals surface area contributed by atoms with E-state index in [1.165, 1.54) is 25.2 Å². The highest BCUT2D eigenvalue weighted by molar-refractivity contribution is 7.85. The van der Waals surface area contributed by atoms with Crippen molar-refractivity contribution in [3.8, 4) is 0 Å². The van der Waals surface area contributed by atoms with E-state index in [1.807, 2.05) is 0 Å². The molecule has 1 unspecified atom stereocenters. The SMILES string of the molecule is CN1C(=O)c2ccccc2S(=O)c2ccc(C(=O)O)c(F)c21. The van der Waals surface area contributed by atoms with Gasteiger partial charge in [-0.25, -0.2) is 13.4 Å². The molecule has 0 spiro atoms. The van der Waals surface area contributed by atoms with Gasteiger partial charge in [-0.15, -0.1) is 0 Å². The van der Waals surface area contributed by atoms with Gasteiger partial charge in [-0.1, -0.05) is 12.1 Å². The maximum Gasteiger partial charge on any atom is 0.338 e. The summed E-state index contributed by atoms with van der Waals surface area (Å²) in [4.78, 5) is 24.9. The zero-order chi connectivity index (χ0) is 16.0. The minimum atomic E-state index is -1.78. The minimum absolute atomic E-state index is 0.0725. The van der Waals surface area contributed by atoms with E-state index < -0.39 is 34.1 Å². The van der Waals surface area contributed by atoms with E-state index >= 15 is 0 Å². The first kappa shape index (κ1) is 14.4. The van der Waals surface area contributed by atoms with Crippen molar-refractivity contribution in [3.63, 3.8) is 0 Å². The van der Waals surface area contributed by atoms with E-state index in [0.29, 0.717) is 0 Å². The molecule has 0 aromatic heterocycles. The van der Waals surface area contributed by atoms with Gasteiger partial charge in [0.2, 0.25) is 0 Å². The molecule has 0 radical (unpaired) electrons. The summed E-state index contributed by atoms with van der Waals surface area (Å²) in [5.41, 5.74) is -0.628. The highest BCUT2D eigenvalue weighted by Crippen LogP contribution is 2.36. The molecule has 0 saturated heterocycles. The fourth-order valence-corrected chi connectivity index (χ4v) is 3.77. The van der Waals surface area contributed by atoms with Crippen LogP contribution >= 0.6 is 0 Å². The Morgan fingerprint density at radius 1 is 1.18 bits per heavy atom. The average Bonchev–Trinajstić information content (AvgIpc) is 2.58. The Morgan fingerprint density at radius 3 is 2.55 bits per heavy atom. The van der Waals surface area contributed by atoms with E-state index in [1.54, 1.807) is 12.1 Å². The van der Waals surface area contributed by atoms with Gasteiger partial charge in [-0.3, -0.25) is 4.79 Å². The molecule has 2 aromatic rings. The number of rotatable bonds is 1. The Balaban J connectivity index is 2.36. The van der Waals surface area contributed by atoms with Gasteiger partial charge in [-0.2, -0.15) is 0 Å². The largest absolute Gasteiger partial charge is 0.478 e. The Labute approximate surface area is 127 Å². The summed E-state index contributed by atoms with van der Waals surface area (Å²) in [6.45, 7) is 0. The highest BCUT2D eigenvalue weighted by Gasteiger charge is 2.32. The fourth-order valence-electron chi connectivity index (χ4n) is 2.38. The summed E-state index contributed by atoms with van der Waals surface area (Å²) in [6.07, 6.45) is 0. The van der Waals surface area contributed by atoms with E-state index in [-0.39, 0.29) is 21.0 Å². The smallest absolute Gasteiger partial charge is 0.338 e. The van der Waals surface area contributed by atoms with Gasteiger partial charge < -0.3 is 10.0 Å². The third kappa shape index (κ3) is 1.93. The lowest BCUT2D eigenvalue weighted by atomic mass is 10.1. The number of hydrogen-bond acceptors (Lipinski definition) is 3. The number of amides is 1. The molecule has 2 aromatic carbocycles. The number of carboxylic acids is 1. The molecule has 0 fully saturated rings. The Morgan fingerprint density at radius 2 is 1.86 bits per heavy atom. The van der Waals surface area contributed by atoms with Crippen molar-refractivity contribution in [2.45, 2.75) is 9.79 Å². The van der Waals surface area contributed by atoms with Crippen LogP contribution in [0, 0.1) is 5.82 Å². The predicted molar refractivity (Wildman–Crippen MR) is 77.2 cm³/mol. The summed E-state index contributed by atoms with van der Waals surface area (Å²) in [7, 11) is -0.447. The van der Waals surface area contributed by atoms with E-state index in [0.717, 1.165) is 11.0 Å². The maximum atomic E-state index is 14.5. The maximum absolute atomic E-state index is 14.5. The lowest BCUT2D eigenvalue weighted by Crippen LogP contribution is -2.27. The zero-order valence-corrected chi connectivity index (χ0v) is 12.2. The molecule has 22 heavy (non-hydrogen) atoms. The van der Waals surface area contributed by atoms with Crippen LogP contribution in [0.25, 0.3) is 0 Å². The second-order valence-electron chi connectivity index (χ2n) is 4.71. The number of hydrogen-bond donors (Lipinski definition) is 1. The van der Waals surface area contributed by atoms with Crippen LogP contribution in [0.1, 0.15) is 20.7 Å². The second kappa shape index (κ2) is 5.03. The lowest BCUT2D eigenvalue weighted by Gasteiger charge is -2.18. The number of nitrogens with zero attached hydrogens (tertiary/aromatic N) is 1. The summed E-state index contributed by atoms with van der Waals surface area (Å²) >= 11 is 0. The van der Waals surface area contributed by atoms with Gasteiger partial charge in [0, 0.05) is 7.05 Å². The van der Waals surface area contributed by atoms with Gasteiger partial charge in [0.05, 0.1) is 37.4 Å². The third-order valence-electron chi connectivity index (χ3n) is 3.47. The second-order valence-corrected chi connectivity index (χ2v) is 6.13. The van der Waals surface area contributed by atoms with Gasteiger partial charge in [-0.05, 0) is 24.3 Å². The standard InChI is InChI=1S/C15H10FNO4S/c1-17-13-11(7-6-9(12(13)16)15(19)20)22(21)10-5-3-2-4-8(10)14(17)18/h2-7H,1H3,(H,19,20). The van der Waals surface area contributed by atoms with Crippen molar-refractivity contribution in [1.82, 2.24) is 0 Å². The molecular formula is C15H10FNO4S. The van der Waals surface area contributed by atoms with Crippen LogP contribution in [0.3, 0.4) is 0 Å². The molecule has 0 saturated carbocycles. The van der Waals surface area contributed by atoms with Crippen LogP contribution < -0.4 is 4.90 Å². The molecule has 1 heterocycles. The Kier molecular flexibility index (Phi) is 3.29. The number of carboxylic acid groups (broad SMARTS) is 1. The molecule has 1 amide bonds. The molecular weight excluding hydrogens is 309 g/mol. The van der Waals surface area contributed by atoms with Crippen LogP contribution in [0.15, 0.2) is 46.2 Å². The molecule has 0 bridgehead atoms. The molecule has 1 aliphatic rings. The van der Waals surface area contributed by atoms with Crippen molar-refractivity contribution in [2.75, 3.05) is 11.9 Å². The van der Waals surface area contributed by atoms with Gasteiger partial charge in [0.25, 0.3) is 5.91 Å². The zero-order valence-electron chi connectivity index (χ0n) is 11.4. The van der Waals surface area contributed by atoms with Crippen molar-refractivity contribution in [1.29, 1.82) is 0 Å². The number of benzene rings is 2. The molecule has 7 heteroatoms. The van der Waals surface area contributed by atoms with Crippen molar-refractivity contribution >= 4 is 28.4 Å². The normalized spacial score (nSPS) is 16.7. The summed E-state index contributed by atoms with van der Waals surface area (Å²) in [6, 6.07) is 8.64. The van der Waals surface area contributed by atoms with Crippen LogP contribution in [0.2, 0.25) is 0 Å². The minimum Gasteiger partial charge on any atom is -0.478 e. The first-order chi connectivity index (χ1) is 10.4. The van der Waals surface area contributed by atoms with Gasteiger partial charge in [0.15, 0.2) is 5.82 Å². The first-order valence-electron chi connectivity index (χ1n) is 6.28. The number of carbonyl (C=O) groups excluding carboxylic acids is 1. The molecule has 1 N–H and O–H groups in total. The monoisotopic (exact) mass is 319 g/mol. The Hall–Kier alpha value is -2.54. The van der Waals surface area contributed by atoms with Crippen molar-refractivity contribution in [2.24, 2.45) is 0 Å². The first-order valence-corrected chi connectivity index (χ1v) is 7.43. The number of anilines is 1. The predicted octanol–water partition coefficient (Wildman–Crippen LogP) is 2.28. The van der Waals surface area contributed by atoms with Crippen LogP contribution in [0.5, 0.6) is 0 Å². The van der Waals surface area contributed by atoms with E-state index in [2.05, 4.69) is 0 Å². The Bertz CT molecular complexity index is 849. The van der Waals surface area contributed by atoms with E-state index in [4.69, 9.17) is 5.11 Å². The molecule has 0 aliphatic carbocycles. The molecule has 5 nitrogen and oxygen atoms in total. The average molecular weight is 319 g/mol. The summed E-state index contributed by atoms with van der Waals surface area (Å²) in [5, 5.41) is 9.01. The van der Waals surface area contributed by atoms with Crippen molar-refractivity contribution in [3.05, 3.63) is 53.3 Å². The quantitative estimate of drug-likeness (QED) is 0.875. The molecule has 3 rings (SSSR count). The molecule has 1 aliphatic heterocycles. The lowest BCUT2D eigenvalue weighted by molar-refractivity contribution is 0.0691. The van der Waals surface area contributed by atoms with Gasteiger partial charge >= 0.3 is 5.97 Å².